The van der Waals surface area contributed by atoms with Gasteiger partial charge in [-0.15, -0.1) is 0 Å². The Morgan fingerprint density at radius 3 is 2.50 bits per heavy atom. The molecular weight excluding hydrogens is 226 g/mol. The fourth-order valence-corrected chi connectivity index (χ4v) is 1.59. The summed E-state index contributed by atoms with van der Waals surface area (Å²) in [5.41, 5.74) is 2.11. The second-order valence-electron chi connectivity index (χ2n) is 4.24. The predicted octanol–water partition coefficient (Wildman–Crippen LogP) is 3.13. The predicted molar refractivity (Wildman–Crippen MR) is 77.2 cm³/mol. The average Bonchev–Trinajstić information content (AvgIpc) is 2.39. The Balaban J connectivity index is 2.13. The van der Waals surface area contributed by atoms with Gasteiger partial charge in [-0.2, -0.15) is 0 Å². The summed E-state index contributed by atoms with van der Waals surface area (Å²) in [7, 11) is 0. The molecule has 1 heterocycles. The maximum absolute atomic E-state index is 5.51. The molecule has 0 aliphatic heterocycles. The Hall–Kier alpha value is -1.29. The van der Waals surface area contributed by atoms with Crippen molar-refractivity contribution in [3.8, 4) is 0 Å². The second kappa shape index (κ2) is 9.71. The minimum Gasteiger partial charge on any atom is -0.384 e. The Kier molecular flexibility index (Phi) is 7.97. The normalized spacial score (nSPS) is 10.3. The van der Waals surface area contributed by atoms with Crippen LogP contribution in [0.25, 0.3) is 0 Å². The highest BCUT2D eigenvalue weighted by atomic mass is 16.5. The van der Waals surface area contributed by atoms with Crippen LogP contribution in [-0.2, 0) is 4.74 Å². The molecule has 4 heteroatoms. The van der Waals surface area contributed by atoms with E-state index in [1.807, 2.05) is 12.4 Å². The van der Waals surface area contributed by atoms with E-state index in [4.69, 9.17) is 4.74 Å². The molecule has 0 fully saturated rings. The molecule has 0 atom stereocenters. The van der Waals surface area contributed by atoms with E-state index in [-0.39, 0.29) is 0 Å². The smallest absolute Gasteiger partial charge is 0.0547 e. The summed E-state index contributed by atoms with van der Waals surface area (Å²) in [6.45, 7) is 7.80. The van der Waals surface area contributed by atoms with E-state index in [0.29, 0.717) is 0 Å². The van der Waals surface area contributed by atoms with Crippen LogP contribution in [0.4, 0.5) is 11.4 Å². The van der Waals surface area contributed by atoms with E-state index in [1.54, 1.807) is 0 Å². The van der Waals surface area contributed by atoms with Crippen LogP contribution in [0.15, 0.2) is 18.5 Å². The van der Waals surface area contributed by atoms with Gasteiger partial charge in [-0.25, -0.2) is 0 Å². The molecule has 0 saturated heterocycles. The van der Waals surface area contributed by atoms with Crippen molar-refractivity contribution in [1.29, 1.82) is 0 Å². The Morgan fingerprint density at radius 1 is 1.06 bits per heavy atom. The third kappa shape index (κ3) is 6.45. The van der Waals surface area contributed by atoms with E-state index in [1.165, 1.54) is 6.42 Å². The van der Waals surface area contributed by atoms with Crippen LogP contribution in [0.1, 0.15) is 33.1 Å². The van der Waals surface area contributed by atoms with Crippen molar-refractivity contribution in [1.82, 2.24) is 4.98 Å². The van der Waals surface area contributed by atoms with E-state index in [9.17, 15) is 0 Å². The molecular formula is C14H25N3O. The molecule has 1 rings (SSSR count). The minimum absolute atomic E-state index is 0.827. The van der Waals surface area contributed by atoms with Crippen LogP contribution in [0, 0.1) is 0 Å². The van der Waals surface area contributed by atoms with Crippen LogP contribution < -0.4 is 10.6 Å². The molecule has 18 heavy (non-hydrogen) atoms. The molecule has 0 amide bonds. The molecule has 0 aliphatic carbocycles. The molecule has 1 aromatic rings. The number of hydrogen-bond donors (Lipinski definition) is 2. The molecule has 4 nitrogen and oxygen atoms in total. The van der Waals surface area contributed by atoms with E-state index in [0.717, 1.165) is 50.5 Å². The monoisotopic (exact) mass is 251 g/mol. The van der Waals surface area contributed by atoms with Gasteiger partial charge in [0.2, 0.25) is 0 Å². The van der Waals surface area contributed by atoms with E-state index in [2.05, 4.69) is 35.5 Å². The third-order valence-electron chi connectivity index (χ3n) is 2.56. The summed E-state index contributed by atoms with van der Waals surface area (Å²) in [5.74, 6) is 0. The maximum atomic E-state index is 5.51. The topological polar surface area (TPSA) is 46.2 Å². The lowest BCUT2D eigenvalue weighted by molar-refractivity contribution is 0.131. The molecule has 0 radical (unpaired) electrons. The fourth-order valence-electron chi connectivity index (χ4n) is 1.59. The van der Waals surface area contributed by atoms with Crippen molar-refractivity contribution in [2.45, 2.75) is 33.1 Å². The first kappa shape index (κ1) is 14.8. The first-order valence-electron chi connectivity index (χ1n) is 6.87. The zero-order chi connectivity index (χ0) is 13.1. The summed E-state index contributed by atoms with van der Waals surface area (Å²) in [4.78, 5) is 4.19. The number of nitrogens with zero attached hydrogens (tertiary/aromatic N) is 1. The number of pyridine rings is 1. The van der Waals surface area contributed by atoms with Crippen molar-refractivity contribution >= 4 is 11.4 Å². The molecule has 0 saturated carbocycles. The summed E-state index contributed by atoms with van der Waals surface area (Å²) in [6, 6.07) is 2.08. The third-order valence-corrected chi connectivity index (χ3v) is 2.56. The lowest BCUT2D eigenvalue weighted by Gasteiger charge is -2.08. The SMILES string of the molecule is CCCCOCCCNc1cncc(NCC)c1. The first-order valence-corrected chi connectivity index (χ1v) is 6.87. The summed E-state index contributed by atoms with van der Waals surface area (Å²) < 4.78 is 5.51. The van der Waals surface area contributed by atoms with Gasteiger partial charge in [0.05, 0.1) is 23.8 Å². The van der Waals surface area contributed by atoms with Gasteiger partial charge in [0.25, 0.3) is 0 Å². The summed E-state index contributed by atoms with van der Waals surface area (Å²) >= 11 is 0. The molecule has 0 aromatic carbocycles. The van der Waals surface area contributed by atoms with Gasteiger partial charge in [-0.1, -0.05) is 13.3 Å². The zero-order valence-corrected chi connectivity index (χ0v) is 11.5. The standard InChI is InChI=1S/C14H25N3O/c1-3-5-8-18-9-6-7-17-14-10-13(16-4-2)11-15-12-14/h10-12,16-17H,3-9H2,1-2H3. The highest BCUT2D eigenvalue weighted by Gasteiger charge is 1.95. The number of unbranched alkanes of at least 4 members (excludes halogenated alkanes) is 1. The molecule has 0 spiro atoms. The number of anilines is 2. The van der Waals surface area contributed by atoms with Gasteiger partial charge in [0.15, 0.2) is 0 Å². The van der Waals surface area contributed by atoms with Gasteiger partial charge in [0, 0.05) is 26.3 Å². The summed E-state index contributed by atoms with van der Waals surface area (Å²) in [6.07, 6.45) is 7.06. The van der Waals surface area contributed by atoms with Crippen molar-refractivity contribution < 1.29 is 4.74 Å². The van der Waals surface area contributed by atoms with Crippen molar-refractivity contribution in [2.75, 3.05) is 36.9 Å². The molecule has 1 aromatic heterocycles. The van der Waals surface area contributed by atoms with Crippen LogP contribution >= 0.6 is 0 Å². The number of rotatable bonds is 10. The quantitative estimate of drug-likeness (QED) is 0.627. The number of aromatic nitrogens is 1. The Bertz CT molecular complexity index is 318. The Morgan fingerprint density at radius 2 is 1.78 bits per heavy atom. The van der Waals surface area contributed by atoms with Crippen molar-refractivity contribution in [2.24, 2.45) is 0 Å². The van der Waals surface area contributed by atoms with Gasteiger partial charge >= 0.3 is 0 Å². The number of ether oxygens (including phenoxy) is 1. The molecule has 0 aliphatic rings. The van der Waals surface area contributed by atoms with Crippen LogP contribution in [0.5, 0.6) is 0 Å². The van der Waals surface area contributed by atoms with E-state index >= 15 is 0 Å². The maximum Gasteiger partial charge on any atom is 0.0547 e. The van der Waals surface area contributed by atoms with Gasteiger partial charge in [-0.05, 0) is 25.8 Å². The van der Waals surface area contributed by atoms with Gasteiger partial charge < -0.3 is 15.4 Å². The number of nitrogens with one attached hydrogen (secondary N) is 2. The molecule has 102 valence electrons. The fraction of sp³-hybridized carbons (Fsp3) is 0.643. The van der Waals surface area contributed by atoms with Crippen molar-refractivity contribution in [3.63, 3.8) is 0 Å². The van der Waals surface area contributed by atoms with Crippen LogP contribution in [0.2, 0.25) is 0 Å². The molecule has 0 bridgehead atoms. The molecule has 2 N–H and O–H groups in total. The van der Waals surface area contributed by atoms with Crippen molar-refractivity contribution in [3.05, 3.63) is 18.5 Å². The first-order chi connectivity index (χ1) is 8.86. The lowest BCUT2D eigenvalue weighted by Crippen LogP contribution is -2.07. The lowest BCUT2D eigenvalue weighted by atomic mass is 10.3. The Labute approximate surface area is 110 Å². The highest BCUT2D eigenvalue weighted by Crippen LogP contribution is 2.12. The second-order valence-corrected chi connectivity index (χ2v) is 4.24. The minimum atomic E-state index is 0.827. The zero-order valence-electron chi connectivity index (χ0n) is 11.5. The molecule has 0 unspecified atom stereocenters. The van der Waals surface area contributed by atoms with Crippen LogP contribution in [-0.4, -0.2) is 31.3 Å². The van der Waals surface area contributed by atoms with Crippen LogP contribution in [0.3, 0.4) is 0 Å². The summed E-state index contributed by atoms with van der Waals surface area (Å²) in [5, 5.41) is 6.60. The van der Waals surface area contributed by atoms with E-state index < -0.39 is 0 Å². The van der Waals surface area contributed by atoms with Gasteiger partial charge in [-0.3, -0.25) is 4.98 Å². The average molecular weight is 251 g/mol. The highest BCUT2D eigenvalue weighted by molar-refractivity contribution is 5.53. The number of hydrogen-bond acceptors (Lipinski definition) is 4. The largest absolute Gasteiger partial charge is 0.384 e. The van der Waals surface area contributed by atoms with Gasteiger partial charge in [0.1, 0.15) is 0 Å².